The third kappa shape index (κ3) is 5.91. The fraction of sp³-hybridized carbons (Fsp3) is 0.133. The Balaban J connectivity index is 1.77. The SMILES string of the molecule is COc1ccc(C=N[C@@H](c2ccccc2)[C@@H](N=Cc2ccc(OC)cc2O)c2ccccc2)c(O)c1. The number of aliphatic imine (C=N–C) groups is 2. The summed E-state index contributed by atoms with van der Waals surface area (Å²) in [5.41, 5.74) is 3.07. The molecular formula is C30H28N2O4. The topological polar surface area (TPSA) is 83.6 Å². The molecule has 4 aromatic rings. The van der Waals surface area contributed by atoms with E-state index in [1.54, 1.807) is 63.0 Å². The molecule has 0 heterocycles. The first-order valence-electron chi connectivity index (χ1n) is 11.5. The maximum atomic E-state index is 10.4. The molecular weight excluding hydrogens is 452 g/mol. The normalized spacial score (nSPS) is 13.1. The lowest BCUT2D eigenvalue weighted by Crippen LogP contribution is -2.09. The molecule has 2 N–H and O–H groups in total. The average molecular weight is 481 g/mol. The van der Waals surface area contributed by atoms with Crippen LogP contribution in [0.25, 0.3) is 0 Å². The summed E-state index contributed by atoms with van der Waals surface area (Å²) in [6.07, 6.45) is 3.31. The zero-order valence-electron chi connectivity index (χ0n) is 20.2. The second kappa shape index (κ2) is 11.7. The summed E-state index contributed by atoms with van der Waals surface area (Å²) >= 11 is 0. The van der Waals surface area contributed by atoms with Gasteiger partial charge in [0.2, 0.25) is 0 Å². The highest BCUT2D eigenvalue weighted by Crippen LogP contribution is 2.36. The highest BCUT2D eigenvalue weighted by Gasteiger charge is 2.23. The van der Waals surface area contributed by atoms with E-state index in [0.29, 0.717) is 22.6 Å². The Morgan fingerprint density at radius 1 is 0.583 bits per heavy atom. The van der Waals surface area contributed by atoms with Gasteiger partial charge in [-0.25, -0.2) is 0 Å². The minimum Gasteiger partial charge on any atom is -0.507 e. The van der Waals surface area contributed by atoms with E-state index in [9.17, 15) is 10.2 Å². The van der Waals surface area contributed by atoms with Crippen molar-refractivity contribution in [3.63, 3.8) is 0 Å². The Labute approximate surface area is 210 Å². The van der Waals surface area contributed by atoms with Gasteiger partial charge in [-0.3, -0.25) is 9.98 Å². The molecule has 4 aromatic carbocycles. The smallest absolute Gasteiger partial charge is 0.128 e. The number of phenolic OH excluding ortho intramolecular Hbond substituents is 2. The van der Waals surface area contributed by atoms with E-state index in [0.717, 1.165) is 11.1 Å². The molecule has 0 saturated heterocycles. The van der Waals surface area contributed by atoms with Crippen LogP contribution in [0.15, 0.2) is 107 Å². The van der Waals surface area contributed by atoms with Crippen molar-refractivity contribution in [2.45, 2.75) is 12.1 Å². The number of rotatable bonds is 9. The Morgan fingerprint density at radius 2 is 0.972 bits per heavy atom. The van der Waals surface area contributed by atoms with Crippen molar-refractivity contribution >= 4 is 12.4 Å². The van der Waals surface area contributed by atoms with Crippen LogP contribution in [0.3, 0.4) is 0 Å². The van der Waals surface area contributed by atoms with Crippen LogP contribution in [0.1, 0.15) is 34.3 Å². The first-order chi connectivity index (χ1) is 17.6. The fourth-order valence-electron chi connectivity index (χ4n) is 3.84. The predicted octanol–water partition coefficient (Wildman–Crippen LogP) is 6.14. The molecule has 0 unspecified atom stereocenters. The van der Waals surface area contributed by atoms with Crippen molar-refractivity contribution in [1.82, 2.24) is 0 Å². The summed E-state index contributed by atoms with van der Waals surface area (Å²) in [6.45, 7) is 0. The molecule has 0 amide bonds. The Hall–Kier alpha value is -4.58. The van der Waals surface area contributed by atoms with E-state index in [4.69, 9.17) is 19.5 Å². The number of hydrogen-bond acceptors (Lipinski definition) is 6. The monoisotopic (exact) mass is 480 g/mol. The van der Waals surface area contributed by atoms with Gasteiger partial charge in [-0.15, -0.1) is 0 Å². The number of nitrogens with zero attached hydrogens (tertiary/aromatic N) is 2. The quantitative estimate of drug-likeness (QED) is 0.282. The molecule has 0 radical (unpaired) electrons. The molecule has 0 saturated carbocycles. The highest BCUT2D eigenvalue weighted by molar-refractivity contribution is 5.85. The number of hydrogen-bond donors (Lipinski definition) is 2. The molecule has 0 aromatic heterocycles. The largest absolute Gasteiger partial charge is 0.507 e. The van der Waals surface area contributed by atoms with Crippen LogP contribution in [0.4, 0.5) is 0 Å². The van der Waals surface area contributed by atoms with Gasteiger partial charge in [0.1, 0.15) is 35.1 Å². The first-order valence-corrected chi connectivity index (χ1v) is 11.5. The minimum absolute atomic E-state index is 0.0767. The number of benzene rings is 4. The van der Waals surface area contributed by atoms with Gasteiger partial charge in [0.25, 0.3) is 0 Å². The van der Waals surface area contributed by atoms with Gasteiger partial charge in [-0.05, 0) is 35.4 Å². The maximum absolute atomic E-state index is 10.4. The lowest BCUT2D eigenvalue weighted by atomic mass is 9.94. The van der Waals surface area contributed by atoms with Gasteiger partial charge in [-0.1, -0.05) is 60.7 Å². The van der Waals surface area contributed by atoms with E-state index in [2.05, 4.69) is 0 Å². The number of aromatic hydroxyl groups is 2. The van der Waals surface area contributed by atoms with Crippen LogP contribution < -0.4 is 9.47 Å². The second-order valence-corrected chi connectivity index (χ2v) is 8.12. The van der Waals surface area contributed by atoms with Crippen LogP contribution >= 0.6 is 0 Å². The van der Waals surface area contributed by atoms with Gasteiger partial charge < -0.3 is 19.7 Å². The van der Waals surface area contributed by atoms with Crippen molar-refractivity contribution in [2.75, 3.05) is 14.2 Å². The van der Waals surface area contributed by atoms with Crippen molar-refractivity contribution in [3.05, 3.63) is 119 Å². The molecule has 0 fully saturated rings. The molecule has 6 nitrogen and oxygen atoms in total. The summed E-state index contributed by atoms with van der Waals surface area (Å²) in [6, 6.07) is 29.2. The summed E-state index contributed by atoms with van der Waals surface area (Å²) < 4.78 is 10.4. The van der Waals surface area contributed by atoms with Crippen LogP contribution in [-0.2, 0) is 0 Å². The van der Waals surface area contributed by atoms with Gasteiger partial charge in [-0.2, -0.15) is 0 Å². The molecule has 0 bridgehead atoms. The molecule has 0 aliphatic carbocycles. The Kier molecular flexibility index (Phi) is 7.98. The Bertz CT molecular complexity index is 1230. The summed E-state index contributed by atoms with van der Waals surface area (Å²) in [7, 11) is 3.11. The lowest BCUT2D eigenvalue weighted by Gasteiger charge is -2.22. The van der Waals surface area contributed by atoms with Crippen molar-refractivity contribution < 1.29 is 19.7 Å². The number of ether oxygens (including phenoxy) is 2. The predicted molar refractivity (Wildman–Crippen MR) is 143 cm³/mol. The lowest BCUT2D eigenvalue weighted by molar-refractivity contribution is 0.407. The zero-order valence-corrected chi connectivity index (χ0v) is 20.2. The standard InChI is InChI=1S/C30H28N2O4/c1-35-25-15-13-23(27(33)17-25)19-31-29(21-9-5-3-6-10-21)30(22-11-7-4-8-12-22)32-20-24-14-16-26(36-2)18-28(24)34/h3-20,29-30,33-34H,1-2H3/t29-,30-/m0/s1. The molecule has 4 rings (SSSR count). The van der Waals surface area contributed by atoms with Crippen molar-refractivity contribution in [2.24, 2.45) is 9.98 Å². The fourth-order valence-corrected chi connectivity index (χ4v) is 3.84. The number of methoxy groups -OCH3 is 2. The number of phenols is 2. The molecule has 2 atom stereocenters. The van der Waals surface area contributed by atoms with Gasteiger partial charge in [0, 0.05) is 35.7 Å². The highest BCUT2D eigenvalue weighted by atomic mass is 16.5. The van der Waals surface area contributed by atoms with Crippen molar-refractivity contribution in [1.29, 1.82) is 0 Å². The second-order valence-electron chi connectivity index (χ2n) is 8.12. The van der Waals surface area contributed by atoms with E-state index >= 15 is 0 Å². The van der Waals surface area contributed by atoms with Gasteiger partial charge in [0.15, 0.2) is 0 Å². The van der Waals surface area contributed by atoms with Gasteiger partial charge >= 0.3 is 0 Å². The van der Waals surface area contributed by atoms with Gasteiger partial charge in [0.05, 0.1) is 14.2 Å². The summed E-state index contributed by atoms with van der Waals surface area (Å²) in [4.78, 5) is 9.79. The molecule has 6 heteroatoms. The molecule has 182 valence electrons. The summed E-state index contributed by atoms with van der Waals surface area (Å²) in [5, 5.41) is 20.9. The van der Waals surface area contributed by atoms with E-state index in [-0.39, 0.29) is 11.5 Å². The summed E-state index contributed by atoms with van der Waals surface area (Å²) in [5.74, 6) is 1.28. The van der Waals surface area contributed by atoms with Crippen LogP contribution in [-0.4, -0.2) is 36.9 Å². The third-order valence-corrected chi connectivity index (χ3v) is 5.80. The zero-order chi connectivity index (χ0) is 25.3. The van der Waals surface area contributed by atoms with E-state index < -0.39 is 12.1 Å². The average Bonchev–Trinajstić information content (AvgIpc) is 2.92. The molecule has 0 aliphatic heterocycles. The third-order valence-electron chi connectivity index (χ3n) is 5.80. The van der Waals surface area contributed by atoms with E-state index in [1.807, 2.05) is 60.7 Å². The molecule has 36 heavy (non-hydrogen) atoms. The van der Waals surface area contributed by atoms with Crippen LogP contribution in [0.2, 0.25) is 0 Å². The Morgan fingerprint density at radius 3 is 1.31 bits per heavy atom. The molecule has 0 aliphatic rings. The first kappa shape index (κ1) is 24.5. The van der Waals surface area contributed by atoms with Crippen LogP contribution in [0.5, 0.6) is 23.0 Å². The van der Waals surface area contributed by atoms with Crippen LogP contribution in [0, 0.1) is 0 Å². The minimum atomic E-state index is -0.397. The van der Waals surface area contributed by atoms with Crippen molar-refractivity contribution in [3.8, 4) is 23.0 Å². The molecule has 0 spiro atoms. The van der Waals surface area contributed by atoms with E-state index in [1.165, 1.54) is 0 Å². The maximum Gasteiger partial charge on any atom is 0.128 e.